The number of carbonyl (C=O) groups excluding carboxylic acids is 1. The molecule has 0 aromatic heterocycles. The standard InChI is InChI=1S/C22H21NO5S/c1-3-13-7-5-6-8-16(13)23-21-19(22(27)28-4-2)20(26)18(29-21)12-14-11-15(24)9-10-17(14)25/h5-12,24-26H,3-4H2,1-2H3. The molecule has 3 N–H and O–H groups in total. The van der Waals surface area contributed by atoms with Gasteiger partial charge in [0.2, 0.25) is 0 Å². The Kier molecular flexibility index (Phi) is 6.29. The Morgan fingerprint density at radius 3 is 2.62 bits per heavy atom. The number of para-hydroxylation sites is 1. The van der Waals surface area contributed by atoms with E-state index in [0.29, 0.717) is 21.2 Å². The van der Waals surface area contributed by atoms with Crippen LogP contribution in [0.25, 0.3) is 6.08 Å². The molecular weight excluding hydrogens is 390 g/mol. The fraction of sp³-hybridized carbons (Fsp3) is 0.182. The molecule has 1 aliphatic heterocycles. The molecule has 7 heteroatoms. The largest absolute Gasteiger partial charge is 0.508 e. The van der Waals surface area contributed by atoms with Crippen LogP contribution in [0.1, 0.15) is 25.0 Å². The third-order valence-electron chi connectivity index (χ3n) is 4.26. The number of nitrogens with zero attached hydrogens (tertiary/aromatic N) is 1. The van der Waals surface area contributed by atoms with E-state index in [9.17, 15) is 20.1 Å². The molecule has 3 rings (SSSR count). The minimum absolute atomic E-state index is 0.0198. The van der Waals surface area contributed by atoms with Crippen LogP contribution >= 0.6 is 11.8 Å². The van der Waals surface area contributed by atoms with E-state index >= 15 is 0 Å². The Bertz CT molecular complexity index is 1040. The summed E-state index contributed by atoms with van der Waals surface area (Å²) >= 11 is 1.10. The summed E-state index contributed by atoms with van der Waals surface area (Å²) in [7, 11) is 0. The molecule has 0 fully saturated rings. The number of hydrogen-bond donors (Lipinski definition) is 3. The predicted octanol–water partition coefficient (Wildman–Crippen LogP) is 4.85. The summed E-state index contributed by atoms with van der Waals surface area (Å²) < 4.78 is 5.09. The van der Waals surface area contributed by atoms with Gasteiger partial charge in [0.05, 0.1) is 17.2 Å². The van der Waals surface area contributed by atoms with Crippen LogP contribution in [-0.2, 0) is 16.0 Å². The molecule has 150 valence electrons. The van der Waals surface area contributed by atoms with Gasteiger partial charge in [-0.1, -0.05) is 36.9 Å². The lowest BCUT2D eigenvalue weighted by Gasteiger charge is -2.06. The first-order valence-electron chi connectivity index (χ1n) is 9.13. The summed E-state index contributed by atoms with van der Waals surface area (Å²) in [6.45, 7) is 3.85. The zero-order chi connectivity index (χ0) is 21.0. The molecule has 0 atom stereocenters. The number of aryl methyl sites for hydroxylation is 1. The van der Waals surface area contributed by atoms with Gasteiger partial charge in [-0.05, 0) is 49.2 Å². The average Bonchev–Trinajstić information content (AvgIpc) is 3.00. The van der Waals surface area contributed by atoms with E-state index in [1.165, 1.54) is 24.3 Å². The summed E-state index contributed by atoms with van der Waals surface area (Å²) in [5.74, 6) is -1.04. The Morgan fingerprint density at radius 2 is 1.90 bits per heavy atom. The highest BCUT2D eigenvalue weighted by Crippen LogP contribution is 2.41. The van der Waals surface area contributed by atoms with E-state index in [4.69, 9.17) is 4.74 Å². The molecule has 1 aliphatic rings. The van der Waals surface area contributed by atoms with Crippen LogP contribution in [-0.4, -0.2) is 32.9 Å². The van der Waals surface area contributed by atoms with Gasteiger partial charge in [-0.15, -0.1) is 0 Å². The highest BCUT2D eigenvalue weighted by molar-refractivity contribution is 8.18. The number of thioether (sulfide) groups is 1. The number of aliphatic hydroxyl groups excluding tert-OH is 1. The van der Waals surface area contributed by atoms with Crippen LogP contribution < -0.4 is 0 Å². The van der Waals surface area contributed by atoms with Crippen molar-refractivity contribution in [1.29, 1.82) is 0 Å². The zero-order valence-electron chi connectivity index (χ0n) is 16.0. The van der Waals surface area contributed by atoms with Crippen LogP contribution in [0.15, 0.2) is 63.7 Å². The number of phenols is 2. The third kappa shape index (κ3) is 4.46. The Morgan fingerprint density at radius 1 is 1.14 bits per heavy atom. The molecule has 0 saturated carbocycles. The maximum atomic E-state index is 12.5. The fourth-order valence-corrected chi connectivity index (χ4v) is 3.84. The highest BCUT2D eigenvalue weighted by Gasteiger charge is 2.33. The zero-order valence-corrected chi connectivity index (χ0v) is 16.9. The normalized spacial score (nSPS) is 16.6. The minimum atomic E-state index is -0.672. The lowest BCUT2D eigenvalue weighted by molar-refractivity contribution is -0.138. The van der Waals surface area contributed by atoms with Gasteiger partial charge >= 0.3 is 5.97 Å². The maximum absolute atomic E-state index is 12.5. The number of carbonyl (C=O) groups is 1. The molecule has 0 amide bonds. The van der Waals surface area contributed by atoms with E-state index in [1.807, 2.05) is 31.2 Å². The van der Waals surface area contributed by atoms with Crippen LogP contribution in [0, 0.1) is 0 Å². The fourth-order valence-electron chi connectivity index (χ4n) is 2.82. The van der Waals surface area contributed by atoms with E-state index in [0.717, 1.165) is 23.7 Å². The second kappa shape index (κ2) is 8.87. The van der Waals surface area contributed by atoms with Crippen LogP contribution in [0.2, 0.25) is 0 Å². The first-order valence-corrected chi connectivity index (χ1v) is 9.95. The summed E-state index contributed by atoms with van der Waals surface area (Å²) in [6.07, 6.45) is 2.25. The minimum Gasteiger partial charge on any atom is -0.508 e. The van der Waals surface area contributed by atoms with Crippen molar-refractivity contribution in [2.45, 2.75) is 20.3 Å². The number of esters is 1. The van der Waals surface area contributed by atoms with E-state index < -0.39 is 5.97 Å². The Labute approximate surface area is 172 Å². The van der Waals surface area contributed by atoms with Crippen molar-refractivity contribution in [2.24, 2.45) is 4.99 Å². The maximum Gasteiger partial charge on any atom is 0.344 e. The summed E-state index contributed by atoms with van der Waals surface area (Å²) in [5, 5.41) is 30.7. The van der Waals surface area contributed by atoms with Crippen molar-refractivity contribution >= 4 is 34.5 Å². The van der Waals surface area contributed by atoms with Crippen LogP contribution in [0.5, 0.6) is 11.5 Å². The molecule has 1 heterocycles. The van der Waals surface area contributed by atoms with Crippen molar-refractivity contribution in [3.8, 4) is 11.5 Å². The number of aliphatic imine (C=N–C) groups is 1. The molecule has 0 aliphatic carbocycles. The molecular formula is C22H21NO5S. The van der Waals surface area contributed by atoms with E-state index in [1.54, 1.807) is 6.92 Å². The van der Waals surface area contributed by atoms with Gasteiger partial charge in [0.1, 0.15) is 27.9 Å². The highest BCUT2D eigenvalue weighted by atomic mass is 32.2. The predicted molar refractivity (Wildman–Crippen MR) is 115 cm³/mol. The number of ether oxygens (including phenoxy) is 1. The van der Waals surface area contributed by atoms with Gasteiger partial charge in [0, 0.05) is 5.56 Å². The lowest BCUT2D eigenvalue weighted by atomic mass is 10.1. The third-order valence-corrected chi connectivity index (χ3v) is 5.28. The average molecular weight is 411 g/mol. The van der Waals surface area contributed by atoms with Gasteiger partial charge in [0.15, 0.2) is 0 Å². The molecule has 2 aromatic rings. The first kappa shape index (κ1) is 20.5. The summed E-state index contributed by atoms with van der Waals surface area (Å²) in [5.41, 5.74) is 1.99. The topological polar surface area (TPSA) is 99.4 Å². The molecule has 0 bridgehead atoms. The number of rotatable bonds is 5. The van der Waals surface area contributed by atoms with Crippen LogP contribution in [0.3, 0.4) is 0 Å². The molecule has 0 radical (unpaired) electrons. The second-order valence-corrected chi connectivity index (χ2v) is 7.23. The molecule has 2 aromatic carbocycles. The van der Waals surface area contributed by atoms with Gasteiger partial charge < -0.3 is 20.1 Å². The number of benzene rings is 2. The van der Waals surface area contributed by atoms with Gasteiger partial charge in [-0.2, -0.15) is 0 Å². The molecule has 29 heavy (non-hydrogen) atoms. The quantitative estimate of drug-likeness (QED) is 0.480. The second-order valence-electron chi connectivity index (χ2n) is 6.20. The lowest BCUT2D eigenvalue weighted by Crippen LogP contribution is -2.13. The van der Waals surface area contributed by atoms with Gasteiger partial charge in [-0.3, -0.25) is 0 Å². The number of aromatic hydroxyl groups is 2. The first-order chi connectivity index (χ1) is 13.9. The monoisotopic (exact) mass is 411 g/mol. The van der Waals surface area contributed by atoms with E-state index in [2.05, 4.69) is 4.99 Å². The number of phenolic OH excluding ortho intramolecular Hbond substituents is 2. The van der Waals surface area contributed by atoms with Crippen molar-refractivity contribution in [1.82, 2.24) is 0 Å². The molecule has 0 spiro atoms. The smallest absolute Gasteiger partial charge is 0.344 e. The molecule has 0 unspecified atom stereocenters. The number of hydrogen-bond acceptors (Lipinski definition) is 7. The summed E-state index contributed by atoms with van der Waals surface area (Å²) in [6, 6.07) is 11.6. The Hall–Kier alpha value is -3.19. The Balaban J connectivity index is 2.10. The molecule has 6 nitrogen and oxygen atoms in total. The number of aliphatic hydroxyl groups is 1. The van der Waals surface area contributed by atoms with Gasteiger partial charge in [-0.25, -0.2) is 9.79 Å². The van der Waals surface area contributed by atoms with E-state index in [-0.39, 0.29) is 29.4 Å². The van der Waals surface area contributed by atoms with Crippen molar-refractivity contribution in [3.63, 3.8) is 0 Å². The van der Waals surface area contributed by atoms with Crippen molar-refractivity contribution < 1.29 is 24.9 Å². The van der Waals surface area contributed by atoms with Crippen molar-refractivity contribution in [3.05, 3.63) is 69.8 Å². The SMILES string of the molecule is CCOC(=O)C1=C(O)C(=Cc2cc(O)ccc2O)SC1=Nc1ccccc1CC. The molecule has 0 saturated heterocycles. The van der Waals surface area contributed by atoms with Gasteiger partial charge in [0.25, 0.3) is 0 Å². The van der Waals surface area contributed by atoms with Crippen molar-refractivity contribution in [2.75, 3.05) is 6.61 Å². The van der Waals surface area contributed by atoms with Crippen LogP contribution in [0.4, 0.5) is 5.69 Å². The summed E-state index contributed by atoms with van der Waals surface area (Å²) in [4.78, 5) is 17.4.